The quantitative estimate of drug-likeness (QED) is 0.632. The van der Waals surface area contributed by atoms with E-state index in [1.165, 1.54) is 6.07 Å². The van der Waals surface area contributed by atoms with Gasteiger partial charge in [-0.15, -0.1) is 0 Å². The second-order valence-electron chi connectivity index (χ2n) is 4.56. The molecule has 0 amide bonds. The maximum absolute atomic E-state index is 13.8. The van der Waals surface area contributed by atoms with Gasteiger partial charge in [-0.3, -0.25) is 4.90 Å². The van der Waals surface area contributed by atoms with Crippen molar-refractivity contribution in [3.05, 3.63) is 35.4 Å². The standard InChI is InChI=1S/C14H22F2N2O2/c1-17-13(5-6-18(7-9-19)8-10-20)11-3-2-4-12(15)14(11)16/h2-4,13,17,19-20H,5-10H2,1H3. The van der Waals surface area contributed by atoms with Crippen LogP contribution in [-0.2, 0) is 0 Å². The minimum absolute atomic E-state index is 0.00144. The van der Waals surface area contributed by atoms with Gasteiger partial charge in [-0.25, -0.2) is 8.78 Å². The van der Waals surface area contributed by atoms with Gasteiger partial charge in [-0.1, -0.05) is 12.1 Å². The number of hydrogen-bond donors (Lipinski definition) is 3. The summed E-state index contributed by atoms with van der Waals surface area (Å²) in [6.07, 6.45) is 0.552. The number of halogens is 2. The highest BCUT2D eigenvalue weighted by atomic mass is 19.2. The van der Waals surface area contributed by atoms with Crippen LogP contribution in [0.5, 0.6) is 0 Å². The van der Waals surface area contributed by atoms with Gasteiger partial charge in [0, 0.05) is 31.2 Å². The second-order valence-corrected chi connectivity index (χ2v) is 4.56. The van der Waals surface area contributed by atoms with Crippen molar-refractivity contribution in [2.45, 2.75) is 12.5 Å². The van der Waals surface area contributed by atoms with Crippen LogP contribution in [0.15, 0.2) is 18.2 Å². The minimum Gasteiger partial charge on any atom is -0.395 e. The lowest BCUT2D eigenvalue weighted by Gasteiger charge is -2.24. The van der Waals surface area contributed by atoms with Crippen LogP contribution < -0.4 is 5.32 Å². The Morgan fingerprint density at radius 3 is 2.35 bits per heavy atom. The molecule has 114 valence electrons. The van der Waals surface area contributed by atoms with Crippen molar-refractivity contribution >= 4 is 0 Å². The molecule has 0 spiro atoms. The Morgan fingerprint density at radius 2 is 1.80 bits per heavy atom. The molecule has 20 heavy (non-hydrogen) atoms. The predicted molar refractivity (Wildman–Crippen MR) is 73.4 cm³/mol. The van der Waals surface area contributed by atoms with Crippen molar-refractivity contribution < 1.29 is 19.0 Å². The van der Waals surface area contributed by atoms with Crippen molar-refractivity contribution in [3.63, 3.8) is 0 Å². The topological polar surface area (TPSA) is 55.7 Å². The fourth-order valence-corrected chi connectivity index (χ4v) is 2.17. The summed E-state index contributed by atoms with van der Waals surface area (Å²) in [6, 6.07) is 3.82. The fraction of sp³-hybridized carbons (Fsp3) is 0.571. The Morgan fingerprint density at radius 1 is 1.15 bits per heavy atom. The zero-order valence-electron chi connectivity index (χ0n) is 11.6. The molecule has 1 rings (SSSR count). The van der Waals surface area contributed by atoms with Crippen LogP contribution in [0.25, 0.3) is 0 Å². The van der Waals surface area contributed by atoms with Gasteiger partial charge in [0.05, 0.1) is 13.2 Å². The Kier molecular flexibility index (Phi) is 7.61. The van der Waals surface area contributed by atoms with Gasteiger partial charge < -0.3 is 15.5 Å². The van der Waals surface area contributed by atoms with E-state index in [0.29, 0.717) is 31.6 Å². The summed E-state index contributed by atoms with van der Waals surface area (Å²) in [6.45, 7) is 1.46. The molecule has 1 aromatic rings. The first kappa shape index (κ1) is 17.0. The van der Waals surface area contributed by atoms with Crippen LogP contribution >= 0.6 is 0 Å². The minimum atomic E-state index is -0.856. The summed E-state index contributed by atoms with van der Waals surface area (Å²) >= 11 is 0. The summed E-state index contributed by atoms with van der Waals surface area (Å²) in [4.78, 5) is 1.88. The Hall–Kier alpha value is -1.08. The van der Waals surface area contributed by atoms with Gasteiger partial charge in [0.2, 0.25) is 0 Å². The van der Waals surface area contributed by atoms with Gasteiger partial charge >= 0.3 is 0 Å². The van der Waals surface area contributed by atoms with Crippen LogP contribution in [0.1, 0.15) is 18.0 Å². The third-order valence-electron chi connectivity index (χ3n) is 3.27. The van der Waals surface area contributed by atoms with Crippen molar-refractivity contribution in [3.8, 4) is 0 Å². The molecule has 0 heterocycles. The summed E-state index contributed by atoms with van der Waals surface area (Å²) in [5.74, 6) is -1.69. The molecule has 0 saturated heterocycles. The fourth-order valence-electron chi connectivity index (χ4n) is 2.17. The molecule has 3 N–H and O–H groups in total. The number of benzene rings is 1. The lowest BCUT2D eigenvalue weighted by Crippen LogP contribution is -2.33. The lowest BCUT2D eigenvalue weighted by molar-refractivity contribution is 0.156. The lowest BCUT2D eigenvalue weighted by atomic mass is 10.0. The van der Waals surface area contributed by atoms with E-state index in [1.54, 1.807) is 13.1 Å². The molecule has 0 saturated carbocycles. The molecule has 1 unspecified atom stereocenters. The summed E-state index contributed by atoms with van der Waals surface area (Å²) < 4.78 is 27.0. The molecule has 0 aliphatic carbocycles. The maximum atomic E-state index is 13.8. The highest BCUT2D eigenvalue weighted by Gasteiger charge is 2.17. The second kappa shape index (κ2) is 8.97. The van der Waals surface area contributed by atoms with Crippen molar-refractivity contribution in [2.24, 2.45) is 0 Å². The zero-order chi connectivity index (χ0) is 15.0. The number of aliphatic hydroxyl groups excluding tert-OH is 2. The molecule has 1 aromatic carbocycles. The van der Waals surface area contributed by atoms with E-state index >= 15 is 0 Å². The van der Waals surface area contributed by atoms with E-state index in [9.17, 15) is 8.78 Å². The average molecular weight is 288 g/mol. The molecule has 0 aliphatic rings. The van der Waals surface area contributed by atoms with Crippen molar-refractivity contribution in [1.82, 2.24) is 10.2 Å². The molecule has 0 aliphatic heterocycles. The normalized spacial score (nSPS) is 12.9. The molecule has 0 aromatic heterocycles. The van der Waals surface area contributed by atoms with Crippen molar-refractivity contribution in [2.75, 3.05) is 39.9 Å². The van der Waals surface area contributed by atoms with Crippen LogP contribution in [0.2, 0.25) is 0 Å². The number of hydrogen-bond acceptors (Lipinski definition) is 4. The number of aliphatic hydroxyl groups is 2. The van der Waals surface area contributed by atoms with Gasteiger partial charge in [0.15, 0.2) is 11.6 Å². The third-order valence-corrected chi connectivity index (χ3v) is 3.27. The van der Waals surface area contributed by atoms with E-state index in [1.807, 2.05) is 4.90 Å². The predicted octanol–water partition coefficient (Wildman–Crippen LogP) is 0.902. The average Bonchev–Trinajstić information content (AvgIpc) is 2.44. The van der Waals surface area contributed by atoms with Crippen LogP contribution in [0.4, 0.5) is 8.78 Å². The van der Waals surface area contributed by atoms with Crippen LogP contribution in [0, 0.1) is 11.6 Å². The van der Waals surface area contributed by atoms with Gasteiger partial charge in [-0.2, -0.15) is 0 Å². The first-order valence-corrected chi connectivity index (χ1v) is 6.69. The maximum Gasteiger partial charge on any atom is 0.163 e. The molecular formula is C14H22F2N2O2. The van der Waals surface area contributed by atoms with E-state index in [0.717, 1.165) is 6.07 Å². The smallest absolute Gasteiger partial charge is 0.163 e. The van der Waals surface area contributed by atoms with E-state index in [2.05, 4.69) is 5.32 Å². The molecular weight excluding hydrogens is 266 g/mol. The SMILES string of the molecule is CNC(CCN(CCO)CCO)c1cccc(F)c1F. The highest BCUT2D eigenvalue weighted by molar-refractivity contribution is 5.22. The summed E-state index contributed by atoms with van der Waals surface area (Å²) in [5, 5.41) is 20.8. The number of nitrogens with one attached hydrogen (secondary N) is 1. The number of nitrogens with zero attached hydrogens (tertiary/aromatic N) is 1. The summed E-state index contributed by atoms with van der Waals surface area (Å²) in [5.41, 5.74) is 0.292. The van der Waals surface area contributed by atoms with Gasteiger partial charge in [0.1, 0.15) is 0 Å². The van der Waals surface area contributed by atoms with E-state index in [4.69, 9.17) is 10.2 Å². The monoisotopic (exact) mass is 288 g/mol. The van der Waals surface area contributed by atoms with Gasteiger partial charge in [-0.05, 0) is 19.5 Å². The number of rotatable bonds is 9. The Labute approximate surface area is 118 Å². The third kappa shape index (κ3) is 4.79. The van der Waals surface area contributed by atoms with E-state index in [-0.39, 0.29) is 19.3 Å². The molecule has 0 radical (unpaired) electrons. The van der Waals surface area contributed by atoms with Crippen LogP contribution in [-0.4, -0.2) is 55.0 Å². The first-order valence-electron chi connectivity index (χ1n) is 6.69. The zero-order valence-corrected chi connectivity index (χ0v) is 11.6. The first-order chi connectivity index (χ1) is 9.63. The van der Waals surface area contributed by atoms with E-state index < -0.39 is 11.6 Å². The summed E-state index contributed by atoms with van der Waals surface area (Å²) in [7, 11) is 1.69. The Balaban J connectivity index is 2.69. The van der Waals surface area contributed by atoms with Crippen LogP contribution in [0.3, 0.4) is 0 Å². The molecule has 6 heteroatoms. The molecule has 0 fully saturated rings. The Bertz CT molecular complexity index is 399. The largest absolute Gasteiger partial charge is 0.395 e. The molecule has 0 bridgehead atoms. The molecule has 1 atom stereocenters. The molecule has 4 nitrogen and oxygen atoms in total. The van der Waals surface area contributed by atoms with Gasteiger partial charge in [0.25, 0.3) is 0 Å². The highest BCUT2D eigenvalue weighted by Crippen LogP contribution is 2.22. The van der Waals surface area contributed by atoms with Crippen molar-refractivity contribution in [1.29, 1.82) is 0 Å².